The summed E-state index contributed by atoms with van der Waals surface area (Å²) >= 11 is 0. The number of rotatable bonds is 11. The van der Waals surface area contributed by atoms with Crippen molar-refractivity contribution in [2.24, 2.45) is 0 Å². The molecule has 1 saturated heterocycles. The van der Waals surface area contributed by atoms with E-state index in [1.165, 1.54) is 13.0 Å². The maximum atomic E-state index is 15.7. The number of nitrogen functional groups attached to an aromatic ring is 1. The number of carbonyl (C=O) groups is 1. The standard InChI is InChI=1S/C27H29F4N6O7P/c1-14(2)42-24(39)15(3)36-45(40,44-18-10-6-8-16-7-4-5-9-17(16)18)41-11-26(25(28)29)27(30,31)20(38)23(43-26)37-13-35-19-21(32)33-12-34-22(19)37/h4-10,12-15,20,23,25,38H,11H2,1-3H3,(H,36,40)(H2,32,33,34). The van der Waals surface area contributed by atoms with Crippen molar-refractivity contribution in [2.75, 3.05) is 12.3 Å². The van der Waals surface area contributed by atoms with Gasteiger partial charge in [0.05, 0.1) is 19.0 Å². The van der Waals surface area contributed by atoms with Gasteiger partial charge in [0.2, 0.25) is 5.60 Å². The summed E-state index contributed by atoms with van der Waals surface area (Å²) in [7, 11) is -4.97. The third-order valence-corrected chi connectivity index (χ3v) is 8.63. The van der Waals surface area contributed by atoms with Crippen molar-refractivity contribution in [1.29, 1.82) is 0 Å². The summed E-state index contributed by atoms with van der Waals surface area (Å²) in [6.45, 7) is 2.58. The second-order valence-corrected chi connectivity index (χ2v) is 12.2. The van der Waals surface area contributed by atoms with Crippen molar-refractivity contribution in [3.05, 3.63) is 55.1 Å². The second-order valence-electron chi connectivity index (χ2n) is 10.5. The minimum atomic E-state index is -4.97. The summed E-state index contributed by atoms with van der Waals surface area (Å²) in [5.41, 5.74) is 1.63. The summed E-state index contributed by atoms with van der Waals surface area (Å²) in [6.07, 6.45) is -7.72. The van der Waals surface area contributed by atoms with Crippen LogP contribution in [-0.2, 0) is 23.4 Å². The van der Waals surface area contributed by atoms with Crippen LogP contribution in [0.15, 0.2) is 55.1 Å². The Labute approximate surface area is 253 Å². The monoisotopic (exact) mass is 656 g/mol. The Balaban J connectivity index is 1.50. The van der Waals surface area contributed by atoms with Crippen LogP contribution in [0.5, 0.6) is 5.75 Å². The van der Waals surface area contributed by atoms with Crippen LogP contribution in [0.4, 0.5) is 23.4 Å². The molecule has 4 N–H and O–H groups in total. The first kappa shape index (κ1) is 32.5. The number of ether oxygens (including phenoxy) is 2. The Hall–Kier alpha value is -3.89. The van der Waals surface area contributed by atoms with E-state index in [0.29, 0.717) is 10.8 Å². The lowest BCUT2D eigenvalue weighted by Crippen LogP contribution is -2.57. The molecule has 5 unspecified atom stereocenters. The largest absolute Gasteiger partial charge is 0.462 e. The molecule has 0 saturated carbocycles. The highest BCUT2D eigenvalue weighted by atomic mass is 31.2. The average molecular weight is 657 g/mol. The fourth-order valence-corrected chi connectivity index (χ4v) is 6.28. The Kier molecular flexibility index (Phi) is 8.76. The van der Waals surface area contributed by atoms with Crippen molar-refractivity contribution in [3.63, 3.8) is 0 Å². The third kappa shape index (κ3) is 5.93. The lowest BCUT2D eigenvalue weighted by atomic mass is 9.95. The van der Waals surface area contributed by atoms with Crippen LogP contribution in [0.3, 0.4) is 0 Å². The molecule has 5 rings (SSSR count). The predicted octanol–water partition coefficient (Wildman–Crippen LogP) is 4.22. The van der Waals surface area contributed by atoms with Crippen LogP contribution in [0.1, 0.15) is 27.0 Å². The fraction of sp³-hybridized carbons (Fsp3) is 0.407. The molecular weight excluding hydrogens is 627 g/mol. The number of alkyl halides is 4. The number of nitrogens with two attached hydrogens (primary N) is 1. The summed E-state index contributed by atoms with van der Waals surface area (Å²) in [5, 5.41) is 14.0. The van der Waals surface area contributed by atoms with E-state index in [1.54, 1.807) is 50.2 Å². The number of nitrogens with zero attached hydrogens (tertiary/aromatic N) is 4. The van der Waals surface area contributed by atoms with Crippen molar-refractivity contribution < 1.29 is 50.5 Å². The van der Waals surface area contributed by atoms with Crippen LogP contribution < -0.4 is 15.3 Å². The summed E-state index contributed by atoms with van der Waals surface area (Å²) in [6, 6.07) is 9.91. The van der Waals surface area contributed by atoms with Gasteiger partial charge >= 0.3 is 19.6 Å². The molecule has 1 aliphatic heterocycles. The number of benzene rings is 2. The number of fused-ring (bicyclic) bond motifs is 2. The molecule has 13 nitrogen and oxygen atoms in total. The Morgan fingerprint density at radius 3 is 2.58 bits per heavy atom. The molecule has 4 aromatic rings. The highest BCUT2D eigenvalue weighted by Gasteiger charge is 2.74. The van der Waals surface area contributed by atoms with Gasteiger partial charge in [-0.1, -0.05) is 36.4 Å². The van der Waals surface area contributed by atoms with E-state index >= 15 is 8.78 Å². The van der Waals surface area contributed by atoms with Crippen LogP contribution >= 0.6 is 7.75 Å². The molecule has 2 aromatic carbocycles. The molecule has 0 bridgehead atoms. The first-order valence-electron chi connectivity index (χ1n) is 13.5. The van der Waals surface area contributed by atoms with Gasteiger partial charge in [0.1, 0.15) is 23.6 Å². The molecule has 5 atom stereocenters. The normalized spacial score (nSPS) is 23.4. The quantitative estimate of drug-likeness (QED) is 0.119. The summed E-state index contributed by atoms with van der Waals surface area (Å²) in [5.74, 6) is -5.82. The minimum Gasteiger partial charge on any atom is -0.462 e. The number of anilines is 1. The van der Waals surface area contributed by atoms with Gasteiger partial charge in [-0.15, -0.1) is 0 Å². The van der Waals surface area contributed by atoms with Gasteiger partial charge in [-0.05, 0) is 32.2 Å². The fourth-order valence-electron chi connectivity index (χ4n) is 4.74. The third-order valence-electron chi connectivity index (χ3n) is 7.02. The zero-order valence-corrected chi connectivity index (χ0v) is 24.9. The predicted molar refractivity (Wildman–Crippen MR) is 152 cm³/mol. The molecule has 45 heavy (non-hydrogen) atoms. The van der Waals surface area contributed by atoms with Crippen molar-refractivity contribution >= 4 is 41.5 Å². The lowest BCUT2D eigenvalue weighted by Gasteiger charge is -2.34. The van der Waals surface area contributed by atoms with E-state index in [1.807, 2.05) is 0 Å². The van der Waals surface area contributed by atoms with Crippen LogP contribution in [-0.4, -0.2) is 73.4 Å². The van der Waals surface area contributed by atoms with Crippen LogP contribution in [0.2, 0.25) is 0 Å². The van der Waals surface area contributed by atoms with Gasteiger partial charge < -0.3 is 24.8 Å². The Bertz CT molecular complexity index is 1760. The number of halogens is 4. The van der Waals surface area contributed by atoms with E-state index in [-0.39, 0.29) is 22.7 Å². The molecule has 0 amide bonds. The first-order valence-corrected chi connectivity index (χ1v) is 15.1. The molecule has 0 radical (unpaired) electrons. The maximum Gasteiger partial charge on any atom is 0.459 e. The molecule has 1 aliphatic rings. The summed E-state index contributed by atoms with van der Waals surface area (Å²) < 4.78 is 97.0. The second kappa shape index (κ2) is 12.1. The number of carbonyl (C=O) groups excluding carboxylic acids is 1. The maximum absolute atomic E-state index is 15.7. The molecule has 242 valence electrons. The van der Waals surface area contributed by atoms with Crippen LogP contribution in [0, 0.1) is 0 Å². The van der Waals surface area contributed by atoms with Gasteiger partial charge in [0.25, 0.3) is 6.43 Å². The van der Waals surface area contributed by atoms with Gasteiger partial charge in [-0.25, -0.2) is 28.3 Å². The number of imidazole rings is 1. The average Bonchev–Trinajstić information content (AvgIpc) is 3.49. The molecule has 18 heteroatoms. The Morgan fingerprint density at radius 1 is 1.16 bits per heavy atom. The van der Waals surface area contributed by atoms with E-state index in [9.17, 15) is 23.2 Å². The van der Waals surface area contributed by atoms with E-state index in [4.69, 9.17) is 24.3 Å². The van der Waals surface area contributed by atoms with E-state index in [2.05, 4.69) is 20.0 Å². The topological polar surface area (TPSA) is 173 Å². The number of nitrogens with one attached hydrogen (secondary N) is 1. The van der Waals surface area contributed by atoms with Crippen molar-refractivity contribution in [2.45, 2.75) is 63.2 Å². The molecule has 0 spiro atoms. The SMILES string of the molecule is CC(C)OC(=O)C(C)NP(=O)(OCC1(C(F)F)OC(n2cnc3c(N)ncnc32)C(O)C1(F)F)Oc1cccc2ccccc12. The van der Waals surface area contributed by atoms with Gasteiger partial charge in [0, 0.05) is 5.39 Å². The molecule has 3 heterocycles. The molecule has 0 aliphatic carbocycles. The first-order chi connectivity index (χ1) is 21.2. The minimum absolute atomic E-state index is 0.0538. The molecule has 2 aromatic heterocycles. The zero-order chi connectivity index (χ0) is 32.7. The van der Waals surface area contributed by atoms with Gasteiger partial charge in [-0.2, -0.15) is 13.9 Å². The molecular formula is C27H29F4N6O7P. The number of aliphatic hydroxyl groups is 1. The van der Waals surface area contributed by atoms with E-state index < -0.39 is 62.7 Å². The zero-order valence-electron chi connectivity index (χ0n) is 24.0. The van der Waals surface area contributed by atoms with Crippen molar-refractivity contribution in [1.82, 2.24) is 24.6 Å². The smallest absolute Gasteiger partial charge is 0.459 e. The lowest BCUT2D eigenvalue weighted by molar-refractivity contribution is -0.241. The Morgan fingerprint density at radius 2 is 1.87 bits per heavy atom. The van der Waals surface area contributed by atoms with Crippen LogP contribution in [0.25, 0.3) is 21.9 Å². The van der Waals surface area contributed by atoms with Gasteiger partial charge in [-0.3, -0.25) is 13.9 Å². The highest BCUT2D eigenvalue weighted by Crippen LogP contribution is 2.55. The highest BCUT2D eigenvalue weighted by molar-refractivity contribution is 7.52. The van der Waals surface area contributed by atoms with Gasteiger partial charge in [0.15, 0.2) is 23.8 Å². The van der Waals surface area contributed by atoms with E-state index in [0.717, 1.165) is 17.2 Å². The van der Waals surface area contributed by atoms with Crippen molar-refractivity contribution in [3.8, 4) is 5.75 Å². The molecule has 1 fully saturated rings. The number of aliphatic hydroxyl groups excluding tert-OH is 1. The number of esters is 1. The number of hydrogen-bond donors (Lipinski definition) is 3. The number of aromatic nitrogens is 4. The summed E-state index contributed by atoms with van der Waals surface area (Å²) in [4.78, 5) is 24.1. The number of hydrogen-bond acceptors (Lipinski definition) is 11.